The van der Waals surface area contributed by atoms with Gasteiger partial charge in [-0.25, -0.2) is 4.98 Å². The van der Waals surface area contributed by atoms with E-state index < -0.39 is 5.91 Å². The predicted octanol–water partition coefficient (Wildman–Crippen LogP) is 3.99. The molecule has 5 rings (SSSR count). The maximum atomic E-state index is 12.3. The van der Waals surface area contributed by atoms with Gasteiger partial charge in [-0.15, -0.1) is 0 Å². The molecule has 166 valence electrons. The van der Waals surface area contributed by atoms with Crippen LogP contribution in [-0.4, -0.2) is 47.0 Å². The van der Waals surface area contributed by atoms with Crippen LogP contribution in [0.25, 0.3) is 22.2 Å². The third-order valence-corrected chi connectivity index (χ3v) is 6.84. The number of aliphatic hydroxyl groups is 1. The molecule has 2 heterocycles. The zero-order valence-electron chi connectivity index (χ0n) is 18.4. The van der Waals surface area contributed by atoms with Crippen LogP contribution < -0.4 is 10.6 Å². The van der Waals surface area contributed by atoms with E-state index in [1.54, 1.807) is 0 Å². The van der Waals surface area contributed by atoms with Crippen molar-refractivity contribution in [3.8, 4) is 11.1 Å². The van der Waals surface area contributed by atoms with E-state index in [-0.39, 0.29) is 6.61 Å². The van der Waals surface area contributed by atoms with Gasteiger partial charge < -0.3 is 20.3 Å². The van der Waals surface area contributed by atoms with Crippen LogP contribution in [0.5, 0.6) is 0 Å². The van der Waals surface area contributed by atoms with E-state index in [4.69, 9.17) is 10.7 Å². The summed E-state index contributed by atoms with van der Waals surface area (Å²) < 4.78 is 2.33. The number of nitrogens with zero attached hydrogens (tertiary/aromatic N) is 4. The highest BCUT2D eigenvalue weighted by molar-refractivity contribution is 6.06. The molecule has 2 aliphatic rings. The number of anilines is 1. The smallest absolute Gasteiger partial charge is 0.251 e. The number of hydrogen-bond donors (Lipinski definition) is 2. The Hall–Kier alpha value is -3.19. The summed E-state index contributed by atoms with van der Waals surface area (Å²) in [5, 5.41) is 9.44. The summed E-state index contributed by atoms with van der Waals surface area (Å²) in [5.41, 5.74) is 12.7. The topological polar surface area (TPSA) is 96.7 Å². The summed E-state index contributed by atoms with van der Waals surface area (Å²) in [6.07, 6.45) is 10.7. The molecule has 1 saturated carbocycles. The molecule has 3 aromatic rings. The first kappa shape index (κ1) is 20.7. The summed E-state index contributed by atoms with van der Waals surface area (Å²) in [4.78, 5) is 23.5. The lowest BCUT2D eigenvalue weighted by atomic mass is 9.93. The van der Waals surface area contributed by atoms with Crippen molar-refractivity contribution in [1.29, 1.82) is 0 Å². The van der Waals surface area contributed by atoms with Gasteiger partial charge >= 0.3 is 0 Å². The van der Waals surface area contributed by atoms with E-state index in [0.717, 1.165) is 39.1 Å². The molecular weight excluding hydrogens is 402 g/mol. The SMILES string of the molecule is CN(CCO)c1cc(-c2ccc3c(c2)ncn3C2CCCCC2)c2c(c1C(N)=O)CC=N2. The number of benzene rings is 2. The average Bonchev–Trinajstić information content (AvgIpc) is 3.45. The number of primary amides is 1. The number of likely N-dealkylation sites (N-methyl/N-ethyl adjacent to an activating group) is 1. The summed E-state index contributed by atoms with van der Waals surface area (Å²) in [6.45, 7) is 0.395. The van der Waals surface area contributed by atoms with Gasteiger partial charge in [-0.3, -0.25) is 9.79 Å². The second-order valence-corrected chi connectivity index (χ2v) is 8.82. The van der Waals surface area contributed by atoms with E-state index in [9.17, 15) is 9.90 Å². The van der Waals surface area contributed by atoms with Crippen LogP contribution in [0.2, 0.25) is 0 Å². The first-order valence-electron chi connectivity index (χ1n) is 11.4. The van der Waals surface area contributed by atoms with Crippen LogP contribution in [0.4, 0.5) is 11.4 Å². The van der Waals surface area contributed by atoms with Crippen molar-refractivity contribution in [1.82, 2.24) is 9.55 Å². The minimum atomic E-state index is -0.472. The zero-order chi connectivity index (χ0) is 22.2. The van der Waals surface area contributed by atoms with Gasteiger partial charge in [0.1, 0.15) is 0 Å². The number of nitrogens with two attached hydrogens (primary N) is 1. The van der Waals surface area contributed by atoms with Gasteiger partial charge in [-0.2, -0.15) is 0 Å². The Morgan fingerprint density at radius 1 is 1.25 bits per heavy atom. The minimum Gasteiger partial charge on any atom is -0.395 e. The molecule has 0 spiro atoms. The molecule has 7 heteroatoms. The monoisotopic (exact) mass is 431 g/mol. The van der Waals surface area contributed by atoms with Crippen molar-refractivity contribution in [3.63, 3.8) is 0 Å². The number of imidazole rings is 1. The Labute approximate surface area is 187 Å². The summed E-state index contributed by atoms with van der Waals surface area (Å²) in [7, 11) is 1.86. The summed E-state index contributed by atoms with van der Waals surface area (Å²) >= 11 is 0. The lowest BCUT2D eigenvalue weighted by Gasteiger charge is -2.24. The zero-order valence-corrected chi connectivity index (χ0v) is 18.4. The third-order valence-electron chi connectivity index (χ3n) is 6.84. The second-order valence-electron chi connectivity index (χ2n) is 8.82. The summed E-state index contributed by atoms with van der Waals surface area (Å²) in [5.74, 6) is -0.472. The van der Waals surface area contributed by atoms with E-state index in [1.807, 2.05) is 30.6 Å². The van der Waals surface area contributed by atoms with Crippen LogP contribution in [0.1, 0.15) is 54.1 Å². The molecule has 1 fully saturated rings. The number of aromatic nitrogens is 2. The number of rotatable bonds is 6. The molecule has 32 heavy (non-hydrogen) atoms. The van der Waals surface area contributed by atoms with Crippen LogP contribution in [0, 0.1) is 0 Å². The fourth-order valence-electron chi connectivity index (χ4n) is 5.20. The Morgan fingerprint density at radius 3 is 2.81 bits per heavy atom. The number of carbonyl (C=O) groups is 1. The Kier molecular flexibility index (Phi) is 5.43. The molecule has 0 unspecified atom stereocenters. The predicted molar refractivity (Wildman–Crippen MR) is 128 cm³/mol. The maximum Gasteiger partial charge on any atom is 0.251 e. The van der Waals surface area contributed by atoms with Crippen molar-refractivity contribution in [2.75, 3.05) is 25.1 Å². The lowest BCUT2D eigenvalue weighted by Crippen LogP contribution is -2.26. The molecular formula is C25H29N5O2. The van der Waals surface area contributed by atoms with Crippen LogP contribution in [-0.2, 0) is 6.42 Å². The van der Waals surface area contributed by atoms with Crippen molar-refractivity contribution in [2.24, 2.45) is 10.7 Å². The molecule has 1 amide bonds. The molecule has 0 saturated heterocycles. The molecule has 0 bridgehead atoms. The van der Waals surface area contributed by atoms with Crippen molar-refractivity contribution >= 4 is 34.5 Å². The number of aliphatic imine (C=N–C) groups is 1. The van der Waals surface area contributed by atoms with E-state index >= 15 is 0 Å². The van der Waals surface area contributed by atoms with Crippen molar-refractivity contribution < 1.29 is 9.90 Å². The number of hydrogen-bond acceptors (Lipinski definition) is 5. The fraction of sp³-hybridized carbons (Fsp3) is 0.400. The molecule has 2 aromatic carbocycles. The highest BCUT2D eigenvalue weighted by Crippen LogP contribution is 2.43. The van der Waals surface area contributed by atoms with Crippen molar-refractivity contribution in [3.05, 3.63) is 41.7 Å². The first-order chi connectivity index (χ1) is 15.6. The van der Waals surface area contributed by atoms with Crippen LogP contribution in [0.3, 0.4) is 0 Å². The standard InChI is InChI=1S/C25H29N5O2/c1-29(11-12-31)22-14-19(24-18(9-10-27-24)23(22)25(26)32)16-7-8-21-20(13-16)28-15-30(21)17-5-3-2-4-6-17/h7-8,10,13-15,17,31H,2-6,9,11-12H2,1H3,(H2,26,32). The molecule has 3 N–H and O–H groups in total. The lowest BCUT2D eigenvalue weighted by molar-refractivity contribution is 0.1000. The largest absolute Gasteiger partial charge is 0.395 e. The second kappa shape index (κ2) is 8.39. The van der Waals surface area contributed by atoms with Gasteiger partial charge in [0, 0.05) is 37.8 Å². The van der Waals surface area contributed by atoms with E-state index in [1.165, 1.54) is 32.1 Å². The number of aliphatic hydroxyl groups excluding tert-OH is 1. The summed E-state index contributed by atoms with van der Waals surface area (Å²) in [6, 6.07) is 8.87. The van der Waals surface area contributed by atoms with Crippen molar-refractivity contribution in [2.45, 2.75) is 44.6 Å². The van der Waals surface area contributed by atoms with E-state index in [2.05, 4.69) is 27.8 Å². The molecule has 1 aliphatic carbocycles. The van der Waals surface area contributed by atoms with Gasteiger partial charge in [-0.05, 0) is 42.2 Å². The Morgan fingerprint density at radius 2 is 2.06 bits per heavy atom. The Bertz CT molecular complexity index is 1210. The fourth-order valence-corrected chi connectivity index (χ4v) is 5.20. The Balaban J connectivity index is 1.62. The molecule has 1 aromatic heterocycles. The number of carbonyl (C=O) groups excluding carboxylic acids is 1. The quantitative estimate of drug-likeness (QED) is 0.617. The molecule has 1 aliphatic heterocycles. The van der Waals surface area contributed by atoms with Gasteiger partial charge in [0.15, 0.2) is 0 Å². The minimum absolute atomic E-state index is 0.0117. The maximum absolute atomic E-state index is 12.3. The average molecular weight is 432 g/mol. The molecule has 0 atom stereocenters. The van der Waals surface area contributed by atoms with Gasteiger partial charge in [0.2, 0.25) is 0 Å². The highest BCUT2D eigenvalue weighted by Gasteiger charge is 2.26. The van der Waals surface area contributed by atoms with Crippen LogP contribution >= 0.6 is 0 Å². The molecule has 0 radical (unpaired) electrons. The first-order valence-corrected chi connectivity index (χ1v) is 11.4. The van der Waals surface area contributed by atoms with Crippen LogP contribution in [0.15, 0.2) is 35.6 Å². The highest BCUT2D eigenvalue weighted by atomic mass is 16.3. The van der Waals surface area contributed by atoms with Gasteiger partial charge in [-0.1, -0.05) is 25.3 Å². The normalized spacial score (nSPS) is 15.9. The number of fused-ring (bicyclic) bond motifs is 2. The van der Waals surface area contributed by atoms with Gasteiger partial charge in [0.05, 0.1) is 40.9 Å². The third kappa shape index (κ3) is 3.46. The molecule has 7 nitrogen and oxygen atoms in total. The van der Waals surface area contributed by atoms with Gasteiger partial charge in [0.25, 0.3) is 5.91 Å². The number of amides is 1. The van der Waals surface area contributed by atoms with E-state index in [0.29, 0.717) is 24.6 Å².